The summed E-state index contributed by atoms with van der Waals surface area (Å²) in [4.78, 5) is 6.74. The molecule has 0 atom stereocenters. The number of aromatic nitrogens is 1. The Labute approximate surface area is 98.9 Å². The van der Waals surface area contributed by atoms with Gasteiger partial charge in [0.25, 0.3) is 0 Å². The Kier molecular flexibility index (Phi) is 3.75. The van der Waals surface area contributed by atoms with Crippen LogP contribution in [-0.2, 0) is 6.54 Å². The molecule has 0 radical (unpaired) electrons. The molecule has 1 aromatic heterocycles. The average Bonchev–Trinajstić information content (AvgIpc) is 2.19. The first-order valence-electron chi connectivity index (χ1n) is 5.16. The monoisotopic (exact) mass is 302 g/mol. The second-order valence-electron chi connectivity index (χ2n) is 3.85. The summed E-state index contributed by atoms with van der Waals surface area (Å²) in [5.41, 5.74) is 1.35. The van der Waals surface area contributed by atoms with E-state index in [9.17, 15) is 0 Å². The maximum atomic E-state index is 4.22. The van der Waals surface area contributed by atoms with E-state index in [1.54, 1.807) is 0 Å². The second-order valence-corrected chi connectivity index (χ2v) is 5.09. The molecular formula is C11H15IN2. The van der Waals surface area contributed by atoms with E-state index in [4.69, 9.17) is 0 Å². The van der Waals surface area contributed by atoms with E-state index in [0.717, 1.165) is 6.54 Å². The molecule has 0 aliphatic carbocycles. The van der Waals surface area contributed by atoms with E-state index in [2.05, 4.69) is 38.5 Å². The lowest BCUT2D eigenvalue weighted by Crippen LogP contribution is -2.29. The molecule has 3 heteroatoms. The standard InChI is InChI=1S/C11H15IN2/c12-11-6-10(7-13-8-11)9-14-4-2-1-3-5-14/h6-8H,1-5,9H2. The minimum atomic E-state index is 1.07. The van der Waals surface area contributed by atoms with Crippen molar-refractivity contribution < 1.29 is 0 Å². The lowest BCUT2D eigenvalue weighted by Gasteiger charge is -2.26. The van der Waals surface area contributed by atoms with Crippen LogP contribution in [0.2, 0.25) is 0 Å². The third-order valence-electron chi connectivity index (χ3n) is 2.62. The van der Waals surface area contributed by atoms with Gasteiger partial charge in [0.05, 0.1) is 0 Å². The van der Waals surface area contributed by atoms with Gasteiger partial charge in [0.15, 0.2) is 0 Å². The molecule has 0 spiro atoms. The number of halogens is 1. The lowest BCUT2D eigenvalue weighted by molar-refractivity contribution is 0.220. The van der Waals surface area contributed by atoms with Crippen LogP contribution in [-0.4, -0.2) is 23.0 Å². The largest absolute Gasteiger partial charge is 0.299 e. The summed E-state index contributed by atoms with van der Waals surface area (Å²) < 4.78 is 1.23. The Morgan fingerprint density at radius 3 is 2.71 bits per heavy atom. The number of rotatable bonds is 2. The third-order valence-corrected chi connectivity index (χ3v) is 3.21. The van der Waals surface area contributed by atoms with Crippen molar-refractivity contribution >= 4 is 22.6 Å². The van der Waals surface area contributed by atoms with E-state index < -0.39 is 0 Å². The normalized spacial score (nSPS) is 18.4. The summed E-state index contributed by atoms with van der Waals surface area (Å²) in [6, 6.07) is 2.22. The summed E-state index contributed by atoms with van der Waals surface area (Å²) in [6.45, 7) is 3.58. The second kappa shape index (κ2) is 5.07. The predicted molar refractivity (Wildman–Crippen MR) is 66.1 cm³/mol. The van der Waals surface area contributed by atoms with Gasteiger partial charge in [-0.1, -0.05) is 6.42 Å². The van der Waals surface area contributed by atoms with Gasteiger partial charge in [0.2, 0.25) is 0 Å². The van der Waals surface area contributed by atoms with Gasteiger partial charge in [-0.25, -0.2) is 0 Å². The van der Waals surface area contributed by atoms with Crippen molar-refractivity contribution in [3.63, 3.8) is 0 Å². The Hall–Kier alpha value is -0.160. The molecule has 0 saturated carbocycles. The fourth-order valence-electron chi connectivity index (χ4n) is 1.92. The maximum absolute atomic E-state index is 4.22. The van der Waals surface area contributed by atoms with Crippen molar-refractivity contribution in [2.24, 2.45) is 0 Å². The predicted octanol–water partition coefficient (Wildman–Crippen LogP) is 2.67. The van der Waals surface area contributed by atoms with Crippen molar-refractivity contribution in [1.29, 1.82) is 0 Å². The number of nitrogens with zero attached hydrogens (tertiary/aromatic N) is 2. The van der Waals surface area contributed by atoms with E-state index >= 15 is 0 Å². The summed E-state index contributed by atoms with van der Waals surface area (Å²) in [6.07, 6.45) is 8.01. The Morgan fingerprint density at radius 2 is 2.00 bits per heavy atom. The number of likely N-dealkylation sites (tertiary alicyclic amines) is 1. The van der Waals surface area contributed by atoms with Crippen molar-refractivity contribution in [2.75, 3.05) is 13.1 Å². The molecule has 1 aliphatic heterocycles. The minimum Gasteiger partial charge on any atom is -0.299 e. The average molecular weight is 302 g/mol. The van der Waals surface area contributed by atoms with Crippen LogP contribution in [0.3, 0.4) is 0 Å². The Balaban J connectivity index is 1.95. The molecule has 1 saturated heterocycles. The molecule has 76 valence electrons. The van der Waals surface area contributed by atoms with Gasteiger partial charge in [-0.05, 0) is 60.2 Å². The molecule has 2 heterocycles. The molecule has 1 fully saturated rings. The number of pyridine rings is 1. The highest BCUT2D eigenvalue weighted by molar-refractivity contribution is 14.1. The lowest BCUT2D eigenvalue weighted by atomic mass is 10.1. The fraction of sp³-hybridized carbons (Fsp3) is 0.545. The number of hydrogen-bond acceptors (Lipinski definition) is 2. The zero-order valence-corrected chi connectivity index (χ0v) is 10.4. The highest BCUT2D eigenvalue weighted by Crippen LogP contribution is 2.13. The van der Waals surface area contributed by atoms with E-state index in [0.29, 0.717) is 0 Å². The molecule has 2 rings (SSSR count). The first kappa shape index (κ1) is 10.4. The summed E-state index contributed by atoms with van der Waals surface area (Å²) in [7, 11) is 0. The summed E-state index contributed by atoms with van der Waals surface area (Å²) >= 11 is 2.32. The van der Waals surface area contributed by atoms with Crippen molar-refractivity contribution in [3.8, 4) is 0 Å². The van der Waals surface area contributed by atoms with Gasteiger partial charge in [-0.15, -0.1) is 0 Å². The zero-order chi connectivity index (χ0) is 9.80. The molecule has 14 heavy (non-hydrogen) atoms. The van der Waals surface area contributed by atoms with Crippen molar-refractivity contribution in [2.45, 2.75) is 25.8 Å². The molecule has 0 aromatic carbocycles. The van der Waals surface area contributed by atoms with Crippen LogP contribution in [0.5, 0.6) is 0 Å². The van der Waals surface area contributed by atoms with Crippen LogP contribution in [0.1, 0.15) is 24.8 Å². The van der Waals surface area contributed by atoms with E-state index in [-0.39, 0.29) is 0 Å². The van der Waals surface area contributed by atoms with Gasteiger partial charge in [0, 0.05) is 22.5 Å². The molecule has 0 bridgehead atoms. The summed E-state index contributed by atoms with van der Waals surface area (Å²) in [5.74, 6) is 0. The SMILES string of the molecule is Ic1cncc(CN2CCCCC2)c1. The highest BCUT2D eigenvalue weighted by Gasteiger charge is 2.10. The van der Waals surface area contributed by atoms with Gasteiger partial charge in [0.1, 0.15) is 0 Å². The Morgan fingerprint density at radius 1 is 1.21 bits per heavy atom. The first-order chi connectivity index (χ1) is 6.84. The van der Waals surface area contributed by atoms with Crippen LogP contribution >= 0.6 is 22.6 Å². The molecule has 0 amide bonds. The Bertz CT molecular complexity index is 295. The number of hydrogen-bond donors (Lipinski definition) is 0. The van der Waals surface area contributed by atoms with Gasteiger partial charge >= 0.3 is 0 Å². The van der Waals surface area contributed by atoms with Crippen molar-refractivity contribution in [1.82, 2.24) is 9.88 Å². The van der Waals surface area contributed by atoms with Gasteiger partial charge in [-0.2, -0.15) is 0 Å². The zero-order valence-electron chi connectivity index (χ0n) is 8.25. The quantitative estimate of drug-likeness (QED) is 0.781. The summed E-state index contributed by atoms with van der Waals surface area (Å²) in [5, 5.41) is 0. The fourth-order valence-corrected chi connectivity index (χ4v) is 2.48. The smallest absolute Gasteiger partial charge is 0.0401 e. The van der Waals surface area contributed by atoms with Crippen molar-refractivity contribution in [3.05, 3.63) is 27.6 Å². The highest BCUT2D eigenvalue weighted by atomic mass is 127. The maximum Gasteiger partial charge on any atom is 0.0401 e. The van der Waals surface area contributed by atoms with Crippen LogP contribution < -0.4 is 0 Å². The number of piperidine rings is 1. The molecule has 1 aliphatic rings. The van der Waals surface area contributed by atoms with Crippen LogP contribution in [0.15, 0.2) is 18.5 Å². The van der Waals surface area contributed by atoms with Crippen LogP contribution in [0.4, 0.5) is 0 Å². The molecule has 2 nitrogen and oxygen atoms in total. The van der Waals surface area contributed by atoms with Crippen LogP contribution in [0, 0.1) is 3.57 Å². The molecule has 1 aromatic rings. The van der Waals surface area contributed by atoms with Crippen LogP contribution in [0.25, 0.3) is 0 Å². The first-order valence-corrected chi connectivity index (χ1v) is 6.24. The molecule has 0 unspecified atom stereocenters. The molecular weight excluding hydrogens is 287 g/mol. The van der Waals surface area contributed by atoms with E-state index in [1.807, 2.05) is 12.4 Å². The van der Waals surface area contributed by atoms with Gasteiger partial charge in [-0.3, -0.25) is 9.88 Å². The minimum absolute atomic E-state index is 1.07. The van der Waals surface area contributed by atoms with E-state index in [1.165, 1.54) is 41.5 Å². The topological polar surface area (TPSA) is 16.1 Å². The van der Waals surface area contributed by atoms with Gasteiger partial charge < -0.3 is 0 Å². The molecule has 0 N–H and O–H groups in total. The third kappa shape index (κ3) is 2.92.